The Morgan fingerprint density at radius 3 is 2.76 bits per heavy atom. The molecule has 90 valence electrons. The van der Waals surface area contributed by atoms with Crippen LogP contribution in [0.2, 0.25) is 0 Å². The van der Waals surface area contributed by atoms with Crippen LogP contribution >= 0.6 is 11.3 Å². The van der Waals surface area contributed by atoms with Crippen molar-refractivity contribution in [3.05, 3.63) is 10.6 Å². The first-order valence-corrected chi connectivity index (χ1v) is 6.50. The van der Waals surface area contributed by atoms with Crippen LogP contribution in [0.1, 0.15) is 35.8 Å². The molecular formula is C11H12N2O3S. The molecule has 2 aliphatic rings. The van der Waals surface area contributed by atoms with Crippen molar-refractivity contribution < 1.29 is 14.7 Å². The molecule has 0 spiro atoms. The number of nitrogens with zero attached hydrogens (tertiary/aromatic N) is 1. The molecule has 0 radical (unpaired) electrons. The summed E-state index contributed by atoms with van der Waals surface area (Å²) in [5, 5.41) is 12.3. The fourth-order valence-corrected chi connectivity index (χ4v) is 3.12. The third-order valence-corrected chi connectivity index (χ3v) is 4.24. The summed E-state index contributed by atoms with van der Waals surface area (Å²) in [5.74, 6) is -1.16. The van der Waals surface area contributed by atoms with Gasteiger partial charge in [-0.25, -0.2) is 4.98 Å². The van der Waals surface area contributed by atoms with E-state index in [1.807, 2.05) is 0 Å². The van der Waals surface area contributed by atoms with E-state index in [1.54, 1.807) is 0 Å². The number of thiazole rings is 1. The lowest BCUT2D eigenvalue weighted by molar-refractivity contribution is -0.138. The lowest BCUT2D eigenvalue weighted by Gasteiger charge is -2.02. The summed E-state index contributed by atoms with van der Waals surface area (Å²) in [6.07, 6.45) is 3.28. The zero-order chi connectivity index (χ0) is 12.0. The zero-order valence-corrected chi connectivity index (χ0v) is 9.92. The molecule has 0 unspecified atom stereocenters. The fraction of sp³-hybridized carbons (Fsp3) is 0.545. The largest absolute Gasteiger partial charge is 0.481 e. The maximum absolute atomic E-state index is 11.6. The quantitative estimate of drug-likeness (QED) is 0.856. The average Bonchev–Trinajstić information content (AvgIpc) is 2.93. The van der Waals surface area contributed by atoms with Gasteiger partial charge in [0.15, 0.2) is 5.13 Å². The Balaban J connectivity index is 1.78. The number of aromatic nitrogens is 1. The van der Waals surface area contributed by atoms with Crippen LogP contribution in [0.15, 0.2) is 0 Å². The third kappa shape index (κ3) is 1.93. The molecule has 1 aromatic rings. The summed E-state index contributed by atoms with van der Waals surface area (Å²) in [7, 11) is 0. The van der Waals surface area contributed by atoms with Crippen LogP contribution in [-0.4, -0.2) is 22.0 Å². The highest BCUT2D eigenvalue weighted by Crippen LogP contribution is 2.39. The summed E-state index contributed by atoms with van der Waals surface area (Å²) in [4.78, 5) is 27.8. The van der Waals surface area contributed by atoms with Crippen LogP contribution in [-0.2, 0) is 16.0 Å². The van der Waals surface area contributed by atoms with Gasteiger partial charge in [-0.2, -0.15) is 0 Å². The molecule has 1 fully saturated rings. The Kier molecular flexibility index (Phi) is 2.39. The third-order valence-electron chi connectivity index (χ3n) is 3.19. The maximum Gasteiger partial charge on any atom is 0.312 e. The first-order valence-electron chi connectivity index (χ1n) is 5.68. The summed E-state index contributed by atoms with van der Waals surface area (Å²) >= 11 is 1.41. The number of rotatable bonds is 3. The van der Waals surface area contributed by atoms with Gasteiger partial charge in [0.2, 0.25) is 5.91 Å². The predicted molar refractivity (Wildman–Crippen MR) is 62.2 cm³/mol. The molecule has 3 rings (SSSR count). The minimum atomic E-state index is -0.825. The normalized spacial score (nSPS) is 22.2. The Hall–Kier alpha value is -1.43. The van der Waals surface area contributed by atoms with E-state index < -0.39 is 11.9 Å². The van der Waals surface area contributed by atoms with Crippen LogP contribution in [0.5, 0.6) is 0 Å². The molecule has 1 heterocycles. The van der Waals surface area contributed by atoms with E-state index in [0.717, 1.165) is 24.1 Å². The van der Waals surface area contributed by atoms with E-state index in [9.17, 15) is 9.59 Å². The number of hydrogen-bond acceptors (Lipinski definition) is 4. The van der Waals surface area contributed by atoms with E-state index in [-0.39, 0.29) is 11.8 Å². The van der Waals surface area contributed by atoms with E-state index in [0.29, 0.717) is 17.2 Å². The van der Waals surface area contributed by atoms with Crippen molar-refractivity contribution in [1.29, 1.82) is 0 Å². The first kappa shape index (κ1) is 10.7. The molecule has 6 heteroatoms. The van der Waals surface area contributed by atoms with Gasteiger partial charge in [-0.15, -0.1) is 11.3 Å². The number of fused-ring (bicyclic) bond motifs is 1. The van der Waals surface area contributed by atoms with Gasteiger partial charge in [0.25, 0.3) is 0 Å². The predicted octanol–water partition coefficient (Wildman–Crippen LogP) is 1.61. The maximum atomic E-state index is 11.6. The molecule has 2 N–H and O–H groups in total. The van der Waals surface area contributed by atoms with E-state index in [4.69, 9.17) is 5.11 Å². The van der Waals surface area contributed by atoms with Crippen LogP contribution in [0.25, 0.3) is 0 Å². The molecule has 1 saturated carbocycles. The monoisotopic (exact) mass is 252 g/mol. The van der Waals surface area contributed by atoms with E-state index >= 15 is 0 Å². The molecule has 17 heavy (non-hydrogen) atoms. The molecule has 2 aliphatic carbocycles. The minimum Gasteiger partial charge on any atom is -0.481 e. The summed E-state index contributed by atoms with van der Waals surface area (Å²) < 4.78 is 0. The summed E-state index contributed by atoms with van der Waals surface area (Å²) in [6, 6.07) is 0. The number of amides is 1. The second-order valence-corrected chi connectivity index (χ2v) is 5.60. The highest BCUT2D eigenvalue weighted by Gasteiger charge is 2.34. The molecule has 0 saturated heterocycles. The van der Waals surface area contributed by atoms with Gasteiger partial charge < -0.3 is 10.4 Å². The Morgan fingerprint density at radius 2 is 2.12 bits per heavy atom. The molecule has 5 nitrogen and oxygen atoms in total. The van der Waals surface area contributed by atoms with Gasteiger partial charge in [-0.3, -0.25) is 9.59 Å². The van der Waals surface area contributed by atoms with Gasteiger partial charge in [0, 0.05) is 10.8 Å². The second-order valence-electron chi connectivity index (χ2n) is 4.52. The lowest BCUT2D eigenvalue weighted by atomic mass is 10.1. The van der Waals surface area contributed by atoms with Gasteiger partial charge in [-0.1, -0.05) is 0 Å². The van der Waals surface area contributed by atoms with Crippen LogP contribution in [0, 0.1) is 5.92 Å². The highest BCUT2D eigenvalue weighted by atomic mass is 32.1. The summed E-state index contributed by atoms with van der Waals surface area (Å²) in [6.45, 7) is 0. The molecule has 1 atom stereocenters. The van der Waals surface area contributed by atoms with Crippen molar-refractivity contribution in [2.24, 2.45) is 5.92 Å². The second kappa shape index (κ2) is 3.80. The van der Waals surface area contributed by atoms with Crippen molar-refractivity contribution in [2.75, 3.05) is 5.32 Å². The van der Waals surface area contributed by atoms with E-state index in [2.05, 4.69) is 10.3 Å². The first-order chi connectivity index (χ1) is 8.15. The zero-order valence-electron chi connectivity index (χ0n) is 9.10. The smallest absolute Gasteiger partial charge is 0.312 e. The highest BCUT2D eigenvalue weighted by molar-refractivity contribution is 7.16. The van der Waals surface area contributed by atoms with Gasteiger partial charge in [0.05, 0.1) is 5.69 Å². The van der Waals surface area contributed by atoms with Crippen molar-refractivity contribution in [3.63, 3.8) is 0 Å². The van der Waals surface area contributed by atoms with Crippen LogP contribution < -0.4 is 5.32 Å². The van der Waals surface area contributed by atoms with Crippen molar-refractivity contribution >= 4 is 28.3 Å². The van der Waals surface area contributed by atoms with Crippen molar-refractivity contribution in [1.82, 2.24) is 4.98 Å². The number of carbonyl (C=O) groups excluding carboxylic acids is 1. The van der Waals surface area contributed by atoms with Gasteiger partial charge in [0.1, 0.15) is 5.92 Å². The number of anilines is 1. The lowest BCUT2D eigenvalue weighted by Crippen LogP contribution is -2.14. The topological polar surface area (TPSA) is 79.3 Å². The number of nitrogens with one attached hydrogen (secondary N) is 1. The fourth-order valence-electron chi connectivity index (χ4n) is 2.07. The molecule has 1 amide bonds. The van der Waals surface area contributed by atoms with Crippen molar-refractivity contribution in [3.8, 4) is 0 Å². The van der Waals surface area contributed by atoms with Crippen molar-refractivity contribution in [2.45, 2.75) is 31.6 Å². The SMILES string of the molecule is O=C(Nc1nc2c(s1)CC[C@@H]2C(=O)O)C1CC1. The number of carbonyl (C=O) groups is 2. The summed E-state index contributed by atoms with van der Waals surface area (Å²) in [5.41, 5.74) is 0.647. The molecular weight excluding hydrogens is 240 g/mol. The van der Waals surface area contributed by atoms with Gasteiger partial charge in [-0.05, 0) is 25.7 Å². The number of carboxylic acid groups (broad SMARTS) is 1. The number of aliphatic carboxylic acids is 1. The molecule has 0 bridgehead atoms. The standard InChI is InChI=1S/C11H12N2O3S/c14-9(5-1-2-5)13-11-12-8-6(10(15)16)3-4-7(8)17-11/h5-6H,1-4H2,(H,15,16)(H,12,13,14)/t6-/m0/s1. The molecule has 1 aromatic heterocycles. The number of carboxylic acids is 1. The van der Waals surface area contributed by atoms with E-state index in [1.165, 1.54) is 11.3 Å². The van der Waals surface area contributed by atoms with Crippen LogP contribution in [0.4, 0.5) is 5.13 Å². The Bertz CT molecular complexity index is 493. The Labute approximate surface area is 102 Å². The average molecular weight is 252 g/mol. The molecule has 0 aromatic carbocycles. The number of hydrogen-bond donors (Lipinski definition) is 2. The van der Waals surface area contributed by atoms with Gasteiger partial charge >= 0.3 is 5.97 Å². The number of aryl methyl sites for hydroxylation is 1. The van der Waals surface area contributed by atoms with Crippen LogP contribution in [0.3, 0.4) is 0 Å². The Morgan fingerprint density at radius 1 is 1.35 bits per heavy atom. The molecule has 0 aliphatic heterocycles. The minimum absolute atomic E-state index is 0.0179.